The first-order valence-electron chi connectivity index (χ1n) is 7.39. The van der Waals surface area contributed by atoms with Gasteiger partial charge in [0.2, 0.25) is 0 Å². The van der Waals surface area contributed by atoms with Gasteiger partial charge in [0.15, 0.2) is 0 Å². The highest BCUT2D eigenvalue weighted by Gasteiger charge is 2.09. The van der Waals surface area contributed by atoms with Gasteiger partial charge >= 0.3 is 0 Å². The predicted octanol–water partition coefficient (Wildman–Crippen LogP) is 4.86. The summed E-state index contributed by atoms with van der Waals surface area (Å²) in [6.07, 6.45) is 0. The normalized spacial score (nSPS) is 10.5. The molecule has 2 nitrogen and oxygen atoms in total. The fourth-order valence-corrected chi connectivity index (χ4v) is 2.78. The number of hydrogen-bond donors (Lipinski definition) is 0. The van der Waals surface area contributed by atoms with Crippen molar-refractivity contribution in [3.63, 3.8) is 0 Å². The molecular weight excluding hydrogens is 317 g/mol. The molecule has 0 saturated carbocycles. The summed E-state index contributed by atoms with van der Waals surface area (Å²) in [6.45, 7) is 4.24. The van der Waals surface area contributed by atoms with Crippen molar-refractivity contribution < 1.29 is 4.74 Å². The standard InChI is InChI=1S/C18H21Cl2NO/c1-15-13-17(22-14-16-5-3-2-4-6-16)7-8-18(15)21(11-9-19)12-10-20/h2-8,13H,9-12,14H2,1H3. The van der Waals surface area contributed by atoms with E-state index in [9.17, 15) is 0 Å². The molecule has 0 fully saturated rings. The van der Waals surface area contributed by atoms with Crippen LogP contribution in [0.15, 0.2) is 48.5 Å². The van der Waals surface area contributed by atoms with Gasteiger partial charge < -0.3 is 9.64 Å². The molecule has 0 aliphatic carbocycles. The summed E-state index contributed by atoms with van der Waals surface area (Å²) in [5.41, 5.74) is 3.49. The lowest BCUT2D eigenvalue weighted by Crippen LogP contribution is -2.28. The fourth-order valence-electron chi connectivity index (χ4n) is 2.37. The molecule has 0 radical (unpaired) electrons. The predicted molar refractivity (Wildman–Crippen MR) is 95.6 cm³/mol. The smallest absolute Gasteiger partial charge is 0.120 e. The lowest BCUT2D eigenvalue weighted by atomic mass is 10.1. The molecule has 2 aromatic rings. The maximum absolute atomic E-state index is 5.87. The van der Waals surface area contributed by atoms with E-state index in [4.69, 9.17) is 27.9 Å². The van der Waals surface area contributed by atoms with Gasteiger partial charge in [-0.05, 0) is 36.2 Å². The van der Waals surface area contributed by atoms with Crippen LogP contribution >= 0.6 is 23.2 Å². The second kappa shape index (κ2) is 8.92. The third-order valence-electron chi connectivity index (χ3n) is 3.47. The SMILES string of the molecule is Cc1cc(OCc2ccccc2)ccc1N(CCCl)CCCl. The van der Waals surface area contributed by atoms with Gasteiger partial charge in [-0.2, -0.15) is 0 Å². The van der Waals surface area contributed by atoms with Gasteiger partial charge in [-0.3, -0.25) is 0 Å². The highest BCUT2D eigenvalue weighted by atomic mass is 35.5. The van der Waals surface area contributed by atoms with Crippen molar-refractivity contribution in [3.05, 3.63) is 59.7 Å². The molecule has 2 aromatic carbocycles. The van der Waals surface area contributed by atoms with E-state index in [0.29, 0.717) is 18.4 Å². The van der Waals surface area contributed by atoms with Crippen molar-refractivity contribution in [3.8, 4) is 5.75 Å². The summed E-state index contributed by atoms with van der Waals surface area (Å²) >= 11 is 11.7. The Morgan fingerprint density at radius 1 is 0.955 bits per heavy atom. The van der Waals surface area contributed by atoms with Gasteiger partial charge in [0.25, 0.3) is 0 Å². The molecule has 0 aromatic heterocycles. The third kappa shape index (κ3) is 4.82. The molecule has 0 N–H and O–H groups in total. The lowest BCUT2D eigenvalue weighted by molar-refractivity contribution is 0.306. The molecule has 0 aliphatic heterocycles. The third-order valence-corrected chi connectivity index (χ3v) is 3.80. The Kier molecular flexibility index (Phi) is 6.88. The van der Waals surface area contributed by atoms with Crippen LogP contribution in [0.3, 0.4) is 0 Å². The maximum atomic E-state index is 5.87. The molecule has 0 unspecified atom stereocenters. The Balaban J connectivity index is 2.05. The van der Waals surface area contributed by atoms with E-state index >= 15 is 0 Å². The van der Waals surface area contributed by atoms with E-state index in [1.807, 2.05) is 24.3 Å². The molecule has 118 valence electrons. The molecule has 22 heavy (non-hydrogen) atoms. The molecule has 0 spiro atoms. The van der Waals surface area contributed by atoms with Crippen LogP contribution in [0.25, 0.3) is 0 Å². The second-order valence-corrected chi connectivity index (χ2v) is 5.84. The quantitative estimate of drug-likeness (QED) is 0.638. The number of hydrogen-bond acceptors (Lipinski definition) is 2. The van der Waals surface area contributed by atoms with Gasteiger partial charge in [0.1, 0.15) is 12.4 Å². The first-order chi connectivity index (χ1) is 10.7. The second-order valence-electron chi connectivity index (χ2n) is 5.09. The minimum atomic E-state index is 0.576. The first kappa shape index (κ1) is 17.0. The molecular formula is C18H21Cl2NO. The topological polar surface area (TPSA) is 12.5 Å². The van der Waals surface area contributed by atoms with Crippen molar-refractivity contribution in [2.75, 3.05) is 29.7 Å². The van der Waals surface area contributed by atoms with E-state index in [1.165, 1.54) is 5.56 Å². The van der Waals surface area contributed by atoms with Gasteiger partial charge in [0, 0.05) is 30.5 Å². The van der Waals surface area contributed by atoms with Crippen molar-refractivity contribution in [2.24, 2.45) is 0 Å². The number of alkyl halides is 2. The zero-order valence-electron chi connectivity index (χ0n) is 12.8. The number of halogens is 2. The largest absolute Gasteiger partial charge is 0.489 e. The lowest BCUT2D eigenvalue weighted by Gasteiger charge is -2.25. The van der Waals surface area contributed by atoms with E-state index < -0.39 is 0 Å². The number of benzene rings is 2. The molecule has 4 heteroatoms. The average molecular weight is 338 g/mol. The van der Waals surface area contributed by atoms with E-state index in [0.717, 1.165) is 30.1 Å². The van der Waals surface area contributed by atoms with Crippen LogP contribution in [0, 0.1) is 6.92 Å². The Morgan fingerprint density at radius 2 is 1.64 bits per heavy atom. The molecule has 0 atom stereocenters. The molecule has 0 saturated heterocycles. The highest BCUT2D eigenvalue weighted by Crippen LogP contribution is 2.25. The summed E-state index contributed by atoms with van der Waals surface area (Å²) in [4.78, 5) is 2.20. The molecule has 0 bridgehead atoms. The summed E-state index contributed by atoms with van der Waals surface area (Å²) in [5.74, 6) is 2.05. The molecule has 2 rings (SSSR count). The van der Waals surface area contributed by atoms with Crippen LogP contribution in [0.2, 0.25) is 0 Å². The van der Waals surface area contributed by atoms with Gasteiger partial charge in [-0.15, -0.1) is 23.2 Å². The summed E-state index contributed by atoms with van der Waals surface area (Å²) in [7, 11) is 0. The monoisotopic (exact) mass is 337 g/mol. The van der Waals surface area contributed by atoms with Crippen LogP contribution in [0.4, 0.5) is 5.69 Å². The number of anilines is 1. The number of aryl methyl sites for hydroxylation is 1. The number of ether oxygens (including phenoxy) is 1. The average Bonchev–Trinajstić information content (AvgIpc) is 2.54. The Morgan fingerprint density at radius 3 is 2.23 bits per heavy atom. The van der Waals surface area contributed by atoms with Crippen molar-refractivity contribution in [2.45, 2.75) is 13.5 Å². The fraction of sp³-hybridized carbons (Fsp3) is 0.333. The van der Waals surface area contributed by atoms with Crippen LogP contribution in [0.5, 0.6) is 5.75 Å². The zero-order valence-corrected chi connectivity index (χ0v) is 14.3. The Labute approximate surface area is 142 Å². The van der Waals surface area contributed by atoms with Gasteiger partial charge in [-0.25, -0.2) is 0 Å². The Hall–Kier alpha value is -1.38. The van der Waals surface area contributed by atoms with Crippen LogP contribution in [-0.4, -0.2) is 24.8 Å². The first-order valence-corrected chi connectivity index (χ1v) is 8.45. The number of nitrogens with zero attached hydrogens (tertiary/aromatic N) is 1. The summed E-state index contributed by atoms with van der Waals surface area (Å²) in [5, 5.41) is 0. The zero-order chi connectivity index (χ0) is 15.8. The van der Waals surface area contributed by atoms with Crippen LogP contribution in [0.1, 0.15) is 11.1 Å². The van der Waals surface area contributed by atoms with E-state index in [-0.39, 0.29) is 0 Å². The van der Waals surface area contributed by atoms with Crippen LogP contribution in [-0.2, 0) is 6.61 Å². The Bertz CT molecular complexity index is 569. The molecule has 0 aliphatic rings. The van der Waals surface area contributed by atoms with E-state index in [2.05, 4.69) is 36.1 Å². The van der Waals surface area contributed by atoms with Crippen molar-refractivity contribution in [1.29, 1.82) is 0 Å². The summed E-state index contributed by atoms with van der Waals surface area (Å²) in [6, 6.07) is 16.3. The van der Waals surface area contributed by atoms with Crippen molar-refractivity contribution in [1.82, 2.24) is 0 Å². The van der Waals surface area contributed by atoms with Crippen LogP contribution < -0.4 is 9.64 Å². The van der Waals surface area contributed by atoms with E-state index in [1.54, 1.807) is 0 Å². The highest BCUT2D eigenvalue weighted by molar-refractivity contribution is 6.18. The minimum Gasteiger partial charge on any atom is -0.489 e. The summed E-state index contributed by atoms with van der Waals surface area (Å²) < 4.78 is 5.86. The maximum Gasteiger partial charge on any atom is 0.120 e. The minimum absolute atomic E-state index is 0.576. The molecule has 0 amide bonds. The van der Waals surface area contributed by atoms with Gasteiger partial charge in [0.05, 0.1) is 0 Å². The van der Waals surface area contributed by atoms with Gasteiger partial charge in [-0.1, -0.05) is 30.3 Å². The number of rotatable bonds is 8. The molecule has 0 heterocycles. The van der Waals surface area contributed by atoms with Crippen molar-refractivity contribution >= 4 is 28.9 Å².